The van der Waals surface area contributed by atoms with Crippen molar-refractivity contribution in [3.05, 3.63) is 82.4 Å². The number of likely N-dealkylation sites (tertiary alicyclic amines) is 1. The van der Waals surface area contributed by atoms with Crippen LogP contribution >= 0.6 is 0 Å². The summed E-state index contributed by atoms with van der Waals surface area (Å²) in [5.74, 6) is -2.03. The predicted octanol–water partition coefficient (Wildman–Crippen LogP) is 5.10. The van der Waals surface area contributed by atoms with Crippen LogP contribution in [0.15, 0.2) is 54.6 Å². The van der Waals surface area contributed by atoms with Gasteiger partial charge in [0.15, 0.2) is 11.6 Å². The topological polar surface area (TPSA) is 224 Å². The smallest absolute Gasteiger partial charge is 0.254 e. The number of ether oxygens (including phenoxy) is 2. The van der Waals surface area contributed by atoms with E-state index in [1.54, 1.807) is 49.2 Å². The van der Waals surface area contributed by atoms with Crippen LogP contribution in [0.2, 0.25) is 0 Å². The summed E-state index contributed by atoms with van der Waals surface area (Å²) >= 11 is 0. The lowest BCUT2D eigenvalue weighted by Crippen LogP contribution is -2.57. The third kappa shape index (κ3) is 12.3. The molecule has 1 saturated heterocycles. The van der Waals surface area contributed by atoms with Crippen molar-refractivity contribution in [2.45, 2.75) is 116 Å². The summed E-state index contributed by atoms with van der Waals surface area (Å²) < 4.78 is 12.3. The maximum absolute atomic E-state index is 15.0. The van der Waals surface area contributed by atoms with Crippen LogP contribution in [0.3, 0.4) is 0 Å². The van der Waals surface area contributed by atoms with E-state index in [1.807, 2.05) is 37.3 Å². The zero-order chi connectivity index (χ0) is 45.6. The van der Waals surface area contributed by atoms with Gasteiger partial charge < -0.3 is 41.8 Å². The highest BCUT2D eigenvalue weighted by Gasteiger charge is 2.41. The number of aryl methyl sites for hydroxylation is 2. The number of likely N-dealkylation sites (N-methyl/N-ethyl adjacent to an activating group) is 1. The molecule has 4 bridgehead atoms. The normalized spacial score (nSPS) is 20.2. The van der Waals surface area contributed by atoms with Crippen LogP contribution in [-0.2, 0) is 32.0 Å². The van der Waals surface area contributed by atoms with E-state index >= 15 is 4.79 Å². The summed E-state index contributed by atoms with van der Waals surface area (Å²) in [5, 5.41) is 12.1. The highest BCUT2D eigenvalue weighted by atomic mass is 16.5. The number of hydrogen-bond acceptors (Lipinski definition) is 11. The maximum atomic E-state index is 15.0. The second-order valence-corrected chi connectivity index (χ2v) is 16.9. The van der Waals surface area contributed by atoms with E-state index in [2.05, 4.69) is 12.2 Å². The molecule has 0 saturated carbocycles. The molecular weight excluding hydrogens is 799 g/mol. The molecule has 1 fully saturated rings. The molecule has 63 heavy (non-hydrogen) atoms. The monoisotopic (exact) mass is 863 g/mol. The quantitative estimate of drug-likeness (QED) is 0.131. The average molecular weight is 864 g/mol. The van der Waals surface area contributed by atoms with Crippen molar-refractivity contribution in [1.29, 1.82) is 5.26 Å². The van der Waals surface area contributed by atoms with Gasteiger partial charge in [-0.1, -0.05) is 57.4 Å². The molecule has 2 heterocycles. The number of carbonyl (C=O) groups excluding carboxylic acids is 5. The third-order valence-electron chi connectivity index (χ3n) is 12.1. The number of hydrogen-bond donors (Lipinski definition) is 4. The maximum Gasteiger partial charge on any atom is 0.254 e. The van der Waals surface area contributed by atoms with E-state index < -0.39 is 41.6 Å². The summed E-state index contributed by atoms with van der Waals surface area (Å²) in [6, 6.07) is 15.0. The lowest BCUT2D eigenvalue weighted by Gasteiger charge is -2.41. The zero-order valence-corrected chi connectivity index (χ0v) is 37.3. The van der Waals surface area contributed by atoms with E-state index in [0.29, 0.717) is 45.7 Å². The van der Waals surface area contributed by atoms with Gasteiger partial charge in [0.2, 0.25) is 11.8 Å². The number of nitriles is 1. The molecule has 14 nitrogen and oxygen atoms in total. The van der Waals surface area contributed by atoms with Crippen LogP contribution in [0.25, 0.3) is 11.1 Å². The standard InChI is InChI=1S/C49H65N7O7/c1-5-6-7-8-10-33-12-15-37(31(2)25-33)48(60)56-22-18-36(53)30-41(56)49(61)55(4)46-35-14-17-45(63-24-21-52)39(29-35)38-27-34(13-16-44(38)62-23-20-51)28-40(42(57)11-9-19-50)54-47(59)32(3)26-43(46)58/h12-17,25,27,29,32,36,40-41,46H,5-11,18,20-24,26,28,30,51-53H2,1-4H3,(H,54,59)/t32-,36?,40+,41+,46+/m1/s1. The van der Waals surface area contributed by atoms with Crippen molar-refractivity contribution in [3.8, 4) is 28.7 Å². The van der Waals surface area contributed by atoms with Crippen LogP contribution in [0.5, 0.6) is 11.5 Å². The van der Waals surface area contributed by atoms with Crippen molar-refractivity contribution in [1.82, 2.24) is 15.1 Å². The van der Waals surface area contributed by atoms with Gasteiger partial charge in [-0.3, -0.25) is 24.0 Å². The molecule has 338 valence electrons. The van der Waals surface area contributed by atoms with E-state index in [4.69, 9.17) is 26.7 Å². The number of nitrogens with two attached hydrogens (primary N) is 3. The van der Waals surface area contributed by atoms with Crippen molar-refractivity contribution >= 4 is 29.3 Å². The SMILES string of the molecule is CCCCCCc1ccc(C(=O)N2CCC(N)C[C@H]2C(=O)N(C)[C@@H]2C(=O)C[C@@H](C)C(=O)N[C@H](C(=O)CCC#N)Cc3ccc(OCCN)c(c3)-c3cc2ccc3OCCN)c(C)c1. The number of amides is 3. The van der Waals surface area contributed by atoms with Gasteiger partial charge in [0.05, 0.1) is 12.1 Å². The Kier molecular flexibility index (Phi) is 17.8. The van der Waals surface area contributed by atoms with Crippen LogP contribution in [0.4, 0.5) is 0 Å². The van der Waals surface area contributed by atoms with Crippen molar-refractivity contribution in [2.75, 3.05) is 39.9 Å². The minimum absolute atomic E-state index is 0.0208. The van der Waals surface area contributed by atoms with Gasteiger partial charge in [-0.25, -0.2) is 0 Å². The summed E-state index contributed by atoms with van der Waals surface area (Å²) in [4.78, 5) is 74.5. The highest BCUT2D eigenvalue weighted by Crippen LogP contribution is 2.41. The van der Waals surface area contributed by atoms with Crippen molar-refractivity contribution < 1.29 is 33.4 Å². The fourth-order valence-corrected chi connectivity index (χ4v) is 8.58. The number of unbranched alkanes of at least 4 members (excludes halogenated alkanes) is 3. The van der Waals surface area contributed by atoms with Crippen LogP contribution in [0.1, 0.15) is 110 Å². The van der Waals surface area contributed by atoms with E-state index in [1.165, 1.54) is 11.3 Å². The Balaban J connectivity index is 1.59. The molecule has 7 N–H and O–H groups in total. The molecule has 5 rings (SSSR count). The van der Waals surface area contributed by atoms with Gasteiger partial charge in [-0.2, -0.15) is 5.26 Å². The van der Waals surface area contributed by atoms with Gasteiger partial charge >= 0.3 is 0 Å². The number of piperidine rings is 1. The molecule has 2 aliphatic heterocycles. The first-order valence-corrected chi connectivity index (χ1v) is 22.4. The molecule has 0 radical (unpaired) electrons. The fourth-order valence-electron chi connectivity index (χ4n) is 8.58. The van der Waals surface area contributed by atoms with Gasteiger partial charge in [-0.15, -0.1) is 0 Å². The molecule has 14 heteroatoms. The first-order valence-electron chi connectivity index (χ1n) is 22.4. The zero-order valence-electron chi connectivity index (χ0n) is 37.3. The van der Waals surface area contributed by atoms with Gasteiger partial charge in [0.25, 0.3) is 5.91 Å². The Bertz CT molecular complexity index is 2150. The molecule has 1 unspecified atom stereocenters. The fraction of sp³-hybridized carbons (Fsp3) is 0.510. The first-order chi connectivity index (χ1) is 30.3. The second kappa shape index (κ2) is 23.2. The minimum Gasteiger partial charge on any atom is -0.492 e. The number of benzene rings is 3. The van der Waals surface area contributed by atoms with Gasteiger partial charge in [0, 0.05) is 74.6 Å². The van der Waals surface area contributed by atoms with E-state index in [9.17, 15) is 24.4 Å². The van der Waals surface area contributed by atoms with Crippen LogP contribution in [0, 0.1) is 24.2 Å². The Labute approximate surface area is 371 Å². The van der Waals surface area contributed by atoms with E-state index in [-0.39, 0.29) is 82.7 Å². The summed E-state index contributed by atoms with van der Waals surface area (Å²) in [6.45, 7) is 6.77. The Morgan fingerprint density at radius 2 is 1.63 bits per heavy atom. The molecule has 3 aromatic rings. The molecule has 0 aliphatic carbocycles. The number of carbonyl (C=O) groups is 5. The molecule has 0 aromatic heterocycles. The Hall–Kier alpha value is -5.62. The summed E-state index contributed by atoms with van der Waals surface area (Å²) in [5.41, 5.74) is 23.0. The third-order valence-corrected chi connectivity index (χ3v) is 12.1. The number of Topliss-reactive ketones (excluding diaryl/α,β-unsaturated/α-hetero) is 2. The number of fused-ring (bicyclic) bond motifs is 5. The van der Waals surface area contributed by atoms with Crippen molar-refractivity contribution in [3.63, 3.8) is 0 Å². The van der Waals surface area contributed by atoms with E-state index in [0.717, 1.165) is 36.8 Å². The largest absolute Gasteiger partial charge is 0.492 e. The molecule has 0 spiro atoms. The minimum atomic E-state index is -1.22. The molecule has 2 aliphatic rings. The highest BCUT2D eigenvalue weighted by molar-refractivity contribution is 6.00. The molecule has 3 aromatic carbocycles. The van der Waals surface area contributed by atoms with Gasteiger partial charge in [0.1, 0.15) is 36.8 Å². The predicted molar refractivity (Wildman–Crippen MR) is 242 cm³/mol. The van der Waals surface area contributed by atoms with Crippen molar-refractivity contribution in [2.24, 2.45) is 23.1 Å². The summed E-state index contributed by atoms with van der Waals surface area (Å²) in [7, 11) is 1.54. The molecule has 5 atom stereocenters. The Morgan fingerprint density at radius 1 is 0.937 bits per heavy atom. The average Bonchev–Trinajstić information content (AvgIpc) is 3.27. The number of ketones is 2. The molecule has 3 amide bonds. The van der Waals surface area contributed by atoms with Crippen LogP contribution in [-0.4, -0.2) is 97.1 Å². The lowest BCUT2D eigenvalue weighted by atomic mass is 9.88. The number of rotatable bonds is 17. The Morgan fingerprint density at radius 3 is 2.30 bits per heavy atom. The second-order valence-electron chi connectivity index (χ2n) is 16.9. The number of nitrogens with zero attached hydrogens (tertiary/aromatic N) is 3. The molecular formula is C49H65N7O7. The summed E-state index contributed by atoms with van der Waals surface area (Å²) in [6.07, 6.45) is 5.91. The first kappa shape index (κ1) is 48.4. The lowest BCUT2D eigenvalue weighted by molar-refractivity contribution is -0.143. The van der Waals surface area contributed by atoms with Gasteiger partial charge in [-0.05, 0) is 91.6 Å². The number of nitrogens with one attached hydrogen (secondary N) is 1. The van der Waals surface area contributed by atoms with Crippen LogP contribution < -0.4 is 32.0 Å².